The SMILES string of the molecule is CC(C)[C@H](CO)N1C(=O)[C@@H]2[C@H]3C(=O)OCCC=C[C@@]3(C)S[C@@]23C=CCN(c2ccc(Cl)cc2)C(=O)C13. The Bertz CT molecular complexity index is 1140. The van der Waals surface area contributed by atoms with Crippen LogP contribution in [0.4, 0.5) is 5.69 Å². The molecule has 192 valence electrons. The van der Waals surface area contributed by atoms with Gasteiger partial charge < -0.3 is 19.6 Å². The topological polar surface area (TPSA) is 87.2 Å². The summed E-state index contributed by atoms with van der Waals surface area (Å²) < 4.78 is 3.87. The molecular formula is C27H31ClN2O5S. The van der Waals surface area contributed by atoms with Gasteiger partial charge in [0.05, 0.1) is 35.8 Å². The summed E-state index contributed by atoms with van der Waals surface area (Å²) in [6.45, 7) is 6.11. The number of likely N-dealkylation sites (tertiary alicyclic amines) is 1. The molecule has 1 aromatic carbocycles. The molecule has 2 fully saturated rings. The number of aliphatic hydroxyl groups is 1. The van der Waals surface area contributed by atoms with Crippen molar-refractivity contribution in [1.82, 2.24) is 4.90 Å². The zero-order valence-corrected chi connectivity index (χ0v) is 22.2. The first-order valence-electron chi connectivity index (χ1n) is 12.4. The summed E-state index contributed by atoms with van der Waals surface area (Å²) in [5, 5.41) is 10.9. The third-order valence-electron chi connectivity index (χ3n) is 7.91. The van der Waals surface area contributed by atoms with E-state index in [1.165, 1.54) is 11.8 Å². The molecule has 7 nitrogen and oxygen atoms in total. The van der Waals surface area contributed by atoms with E-state index in [1.807, 2.05) is 45.1 Å². The van der Waals surface area contributed by atoms with Crippen LogP contribution >= 0.6 is 23.4 Å². The number of benzene rings is 1. The Morgan fingerprint density at radius 2 is 1.83 bits per heavy atom. The summed E-state index contributed by atoms with van der Waals surface area (Å²) in [6, 6.07) is 5.57. The van der Waals surface area contributed by atoms with Gasteiger partial charge in [-0.15, -0.1) is 11.8 Å². The van der Waals surface area contributed by atoms with Crippen LogP contribution in [-0.4, -0.2) is 69.1 Å². The summed E-state index contributed by atoms with van der Waals surface area (Å²) >= 11 is 7.59. The highest BCUT2D eigenvalue weighted by Gasteiger charge is 2.74. The fourth-order valence-corrected chi connectivity index (χ4v) is 8.52. The minimum absolute atomic E-state index is 0.0978. The number of esters is 1. The van der Waals surface area contributed by atoms with Gasteiger partial charge in [0, 0.05) is 22.0 Å². The number of hydrogen-bond donors (Lipinski definition) is 1. The van der Waals surface area contributed by atoms with Crippen LogP contribution < -0.4 is 4.90 Å². The lowest BCUT2D eigenvalue weighted by molar-refractivity contribution is -0.154. The minimum atomic E-state index is -0.981. The number of anilines is 1. The Labute approximate surface area is 220 Å². The molecule has 0 bridgehead atoms. The van der Waals surface area contributed by atoms with E-state index >= 15 is 0 Å². The standard InChI is InChI=1S/C27H31ClN2O5S/c1-16(2)19(15-31)30-22-24(33)29(18-9-7-17(28)8-10-18)13-6-12-27(22)20(23(30)32)21-25(34)35-14-5-4-11-26(21,3)36-27/h4,6-12,16,19-22,31H,5,13-15H2,1-3H3/t19-,20-,21-,22?,26+,27-/m0/s1. The number of fused-ring (bicyclic) bond motifs is 2. The van der Waals surface area contributed by atoms with Gasteiger partial charge in [-0.3, -0.25) is 14.4 Å². The molecule has 4 aliphatic rings. The van der Waals surface area contributed by atoms with E-state index in [2.05, 4.69) is 0 Å². The molecule has 1 N–H and O–H groups in total. The lowest BCUT2D eigenvalue weighted by Crippen LogP contribution is -2.58. The first-order chi connectivity index (χ1) is 17.1. The monoisotopic (exact) mass is 530 g/mol. The average Bonchev–Trinajstić information content (AvgIpc) is 3.14. The Morgan fingerprint density at radius 1 is 1.11 bits per heavy atom. The Kier molecular flexibility index (Phi) is 6.50. The number of carbonyl (C=O) groups excluding carboxylic acids is 3. The molecule has 1 aromatic rings. The van der Waals surface area contributed by atoms with E-state index in [0.29, 0.717) is 23.7 Å². The highest BCUT2D eigenvalue weighted by Crippen LogP contribution is 2.65. The van der Waals surface area contributed by atoms with Crippen molar-refractivity contribution in [3.05, 3.63) is 53.6 Å². The van der Waals surface area contributed by atoms with Gasteiger partial charge in [0.15, 0.2) is 0 Å². The first kappa shape index (κ1) is 25.4. The molecule has 4 heterocycles. The molecular weight excluding hydrogens is 500 g/mol. The fourth-order valence-electron chi connectivity index (χ4n) is 6.26. The average molecular weight is 531 g/mol. The van der Waals surface area contributed by atoms with Crippen molar-refractivity contribution < 1.29 is 24.2 Å². The van der Waals surface area contributed by atoms with Gasteiger partial charge in [0.25, 0.3) is 5.91 Å². The Balaban J connectivity index is 1.69. The normalized spacial score (nSPS) is 34.6. The number of ether oxygens (including phenoxy) is 1. The predicted molar refractivity (Wildman–Crippen MR) is 140 cm³/mol. The van der Waals surface area contributed by atoms with Gasteiger partial charge >= 0.3 is 5.97 Å². The van der Waals surface area contributed by atoms with Crippen molar-refractivity contribution in [3.8, 4) is 0 Å². The van der Waals surface area contributed by atoms with Crippen LogP contribution in [0.25, 0.3) is 0 Å². The number of thioether (sulfide) groups is 1. The van der Waals surface area contributed by atoms with Crippen molar-refractivity contribution in [3.63, 3.8) is 0 Å². The molecule has 6 atom stereocenters. The second kappa shape index (κ2) is 9.23. The predicted octanol–water partition coefficient (Wildman–Crippen LogP) is 3.45. The van der Waals surface area contributed by atoms with E-state index in [9.17, 15) is 19.5 Å². The first-order valence-corrected chi connectivity index (χ1v) is 13.6. The smallest absolute Gasteiger partial charge is 0.311 e. The second-order valence-corrected chi connectivity index (χ2v) is 12.7. The van der Waals surface area contributed by atoms with Crippen molar-refractivity contribution >= 4 is 46.8 Å². The van der Waals surface area contributed by atoms with Crippen LogP contribution in [0.15, 0.2) is 48.6 Å². The zero-order valence-electron chi connectivity index (χ0n) is 20.6. The summed E-state index contributed by atoms with van der Waals surface area (Å²) in [5.74, 6) is -2.55. The molecule has 1 spiro atoms. The number of nitrogens with zero attached hydrogens (tertiary/aromatic N) is 2. The zero-order chi connectivity index (χ0) is 25.8. The van der Waals surface area contributed by atoms with Gasteiger partial charge in [0.2, 0.25) is 5.91 Å². The molecule has 0 saturated carbocycles. The van der Waals surface area contributed by atoms with Gasteiger partial charge in [-0.2, -0.15) is 0 Å². The summed E-state index contributed by atoms with van der Waals surface area (Å²) in [6.07, 6.45) is 8.49. The third kappa shape index (κ3) is 3.72. The number of aliphatic hydroxyl groups excluding tert-OH is 1. The number of hydrogen-bond acceptors (Lipinski definition) is 6. The number of cyclic esters (lactones) is 1. The van der Waals surface area contributed by atoms with Gasteiger partial charge in [-0.05, 0) is 43.5 Å². The van der Waals surface area contributed by atoms with E-state index in [0.717, 1.165) is 0 Å². The molecule has 9 heteroatoms. The molecule has 0 radical (unpaired) electrons. The highest BCUT2D eigenvalue weighted by molar-refractivity contribution is 8.02. The fraction of sp³-hybridized carbons (Fsp3) is 0.519. The molecule has 4 aliphatic heterocycles. The summed E-state index contributed by atoms with van der Waals surface area (Å²) in [7, 11) is 0. The van der Waals surface area contributed by atoms with Crippen LogP contribution in [0.3, 0.4) is 0 Å². The minimum Gasteiger partial charge on any atom is -0.465 e. The number of halogens is 1. The Morgan fingerprint density at radius 3 is 2.50 bits per heavy atom. The van der Waals surface area contributed by atoms with Crippen LogP contribution in [0, 0.1) is 17.8 Å². The second-order valence-electron chi connectivity index (χ2n) is 10.4. The summed E-state index contributed by atoms with van der Waals surface area (Å²) in [4.78, 5) is 45.3. The molecule has 2 saturated heterocycles. The Hall–Kier alpha value is -2.29. The van der Waals surface area contributed by atoms with E-state index < -0.39 is 39.4 Å². The number of rotatable bonds is 4. The quantitative estimate of drug-likeness (QED) is 0.474. The largest absolute Gasteiger partial charge is 0.465 e. The maximum atomic E-state index is 14.4. The van der Waals surface area contributed by atoms with Crippen molar-refractivity contribution in [2.45, 2.75) is 48.8 Å². The van der Waals surface area contributed by atoms with E-state index in [-0.39, 0.29) is 30.9 Å². The molecule has 1 unspecified atom stereocenters. The lowest BCUT2D eigenvalue weighted by Gasteiger charge is -2.41. The molecule has 36 heavy (non-hydrogen) atoms. The van der Waals surface area contributed by atoms with E-state index in [4.69, 9.17) is 16.3 Å². The summed E-state index contributed by atoms with van der Waals surface area (Å²) in [5.41, 5.74) is 0.673. The molecule has 0 aliphatic carbocycles. The maximum absolute atomic E-state index is 14.4. The maximum Gasteiger partial charge on any atom is 0.311 e. The van der Waals surface area contributed by atoms with Crippen molar-refractivity contribution in [2.24, 2.45) is 17.8 Å². The van der Waals surface area contributed by atoms with Gasteiger partial charge in [0.1, 0.15) is 6.04 Å². The van der Waals surface area contributed by atoms with Crippen molar-refractivity contribution in [1.29, 1.82) is 0 Å². The molecule has 5 rings (SSSR count). The van der Waals surface area contributed by atoms with Crippen LogP contribution in [0.5, 0.6) is 0 Å². The number of carbonyl (C=O) groups is 3. The van der Waals surface area contributed by atoms with Gasteiger partial charge in [-0.1, -0.05) is 49.8 Å². The van der Waals surface area contributed by atoms with Crippen LogP contribution in [0.2, 0.25) is 5.02 Å². The number of amides is 2. The highest BCUT2D eigenvalue weighted by atomic mass is 35.5. The lowest BCUT2D eigenvalue weighted by atomic mass is 9.74. The van der Waals surface area contributed by atoms with Crippen molar-refractivity contribution in [2.75, 3.05) is 24.7 Å². The van der Waals surface area contributed by atoms with Gasteiger partial charge in [-0.25, -0.2) is 0 Å². The van der Waals surface area contributed by atoms with Crippen LogP contribution in [0.1, 0.15) is 27.2 Å². The van der Waals surface area contributed by atoms with E-state index in [1.54, 1.807) is 34.1 Å². The molecule has 2 amide bonds. The third-order valence-corrected chi connectivity index (χ3v) is 9.96. The molecule has 0 aromatic heterocycles. The van der Waals surface area contributed by atoms with Crippen LogP contribution in [-0.2, 0) is 19.1 Å².